The third kappa shape index (κ3) is 3.28. The summed E-state index contributed by atoms with van der Waals surface area (Å²) < 4.78 is 27.0. The zero-order valence-corrected chi connectivity index (χ0v) is 15.3. The van der Waals surface area contributed by atoms with Crippen molar-refractivity contribution in [3.63, 3.8) is 0 Å². The molecule has 8 heteroatoms. The fourth-order valence-electron chi connectivity index (χ4n) is 4.48. The highest BCUT2D eigenvalue weighted by Gasteiger charge is 2.37. The number of fused-ring (bicyclic) bond motifs is 2. The molecule has 2 fully saturated rings. The van der Waals surface area contributed by atoms with Crippen LogP contribution in [0, 0.1) is 27.9 Å². The molecule has 1 saturated carbocycles. The summed E-state index contributed by atoms with van der Waals surface area (Å²) >= 11 is 0. The molecule has 0 unspecified atom stereocenters. The van der Waals surface area contributed by atoms with Gasteiger partial charge in [-0.15, -0.1) is 0 Å². The van der Waals surface area contributed by atoms with Gasteiger partial charge in [-0.1, -0.05) is 12.2 Å². The van der Waals surface area contributed by atoms with Gasteiger partial charge in [0, 0.05) is 44.9 Å². The normalized spacial score (nSPS) is 29.3. The Bertz CT molecular complexity index is 813. The van der Waals surface area contributed by atoms with E-state index in [0.717, 1.165) is 25.6 Å². The van der Waals surface area contributed by atoms with Gasteiger partial charge in [-0.05, 0) is 42.7 Å². The van der Waals surface area contributed by atoms with E-state index in [1.54, 1.807) is 0 Å². The Balaban J connectivity index is 1.36. The number of benzene rings is 1. The minimum Gasteiger partial charge on any atom is -0.300 e. The van der Waals surface area contributed by atoms with Crippen molar-refractivity contribution in [2.24, 2.45) is 17.8 Å². The Morgan fingerprint density at radius 3 is 2.27 bits per heavy atom. The zero-order chi connectivity index (χ0) is 18.3. The Labute approximate surface area is 153 Å². The first-order valence-corrected chi connectivity index (χ1v) is 10.5. The maximum atomic E-state index is 12.8. The molecule has 3 aliphatic rings. The molecule has 1 aromatic rings. The quantitative estimate of drug-likeness (QED) is 0.446. The van der Waals surface area contributed by atoms with Crippen LogP contribution in [-0.4, -0.2) is 55.3 Å². The molecule has 0 amide bonds. The van der Waals surface area contributed by atoms with Crippen LogP contribution in [0.25, 0.3) is 0 Å². The first-order chi connectivity index (χ1) is 12.4. The molecule has 4 rings (SSSR count). The number of nitro groups is 1. The lowest BCUT2D eigenvalue weighted by Gasteiger charge is -2.36. The van der Waals surface area contributed by atoms with E-state index in [-0.39, 0.29) is 10.6 Å². The number of allylic oxidation sites excluding steroid dienone is 2. The molecule has 0 aromatic heterocycles. The SMILES string of the molecule is O=[N+]([O-])c1ccc(S(=O)(=O)N2CCN(C[C@H]3C[C@H]4C=C[C@@H]3C4)CC2)cc1. The van der Waals surface area contributed by atoms with Crippen molar-refractivity contribution in [2.75, 3.05) is 32.7 Å². The van der Waals surface area contributed by atoms with Gasteiger partial charge in [-0.3, -0.25) is 10.1 Å². The molecule has 140 valence electrons. The minimum absolute atomic E-state index is 0.103. The number of hydrogen-bond acceptors (Lipinski definition) is 5. The fourth-order valence-corrected chi connectivity index (χ4v) is 5.90. The van der Waals surface area contributed by atoms with Crippen LogP contribution >= 0.6 is 0 Å². The van der Waals surface area contributed by atoms with Crippen LogP contribution in [0.15, 0.2) is 41.3 Å². The van der Waals surface area contributed by atoms with E-state index in [2.05, 4.69) is 17.1 Å². The maximum Gasteiger partial charge on any atom is 0.269 e. The van der Waals surface area contributed by atoms with E-state index >= 15 is 0 Å². The molecule has 26 heavy (non-hydrogen) atoms. The van der Waals surface area contributed by atoms with Crippen molar-refractivity contribution >= 4 is 15.7 Å². The van der Waals surface area contributed by atoms with Crippen LogP contribution < -0.4 is 0 Å². The van der Waals surface area contributed by atoms with Gasteiger partial charge < -0.3 is 4.90 Å². The van der Waals surface area contributed by atoms with Crippen LogP contribution in [-0.2, 0) is 10.0 Å². The first kappa shape index (κ1) is 17.6. The molecule has 0 radical (unpaired) electrons. The molecule has 0 spiro atoms. The van der Waals surface area contributed by atoms with Crippen LogP contribution in [0.5, 0.6) is 0 Å². The average Bonchev–Trinajstić information content (AvgIpc) is 3.25. The smallest absolute Gasteiger partial charge is 0.269 e. The maximum absolute atomic E-state index is 12.8. The zero-order valence-electron chi connectivity index (χ0n) is 14.5. The standard InChI is InChI=1S/C18H23N3O4S/c22-21(23)17-3-5-18(6-4-17)26(24,25)20-9-7-19(8-10-20)13-16-12-14-1-2-15(16)11-14/h1-6,14-16H,7-13H2/t14-,15+,16+/m0/s1. The van der Waals surface area contributed by atoms with Crippen molar-refractivity contribution in [1.82, 2.24) is 9.21 Å². The van der Waals surface area contributed by atoms with Gasteiger partial charge >= 0.3 is 0 Å². The number of rotatable bonds is 5. The number of hydrogen-bond donors (Lipinski definition) is 0. The molecule has 0 N–H and O–H groups in total. The van der Waals surface area contributed by atoms with Gasteiger partial charge in [0.2, 0.25) is 10.0 Å². The van der Waals surface area contributed by atoms with Crippen LogP contribution in [0.3, 0.4) is 0 Å². The largest absolute Gasteiger partial charge is 0.300 e. The summed E-state index contributed by atoms with van der Waals surface area (Å²) in [6.45, 7) is 3.47. The van der Waals surface area contributed by atoms with Gasteiger partial charge in [0.25, 0.3) is 5.69 Å². The van der Waals surface area contributed by atoms with Crippen LogP contribution in [0.4, 0.5) is 5.69 Å². The summed E-state index contributed by atoms with van der Waals surface area (Å²) in [5.74, 6) is 2.18. The lowest BCUT2D eigenvalue weighted by Crippen LogP contribution is -2.49. The topological polar surface area (TPSA) is 83.8 Å². The number of nitrogens with zero attached hydrogens (tertiary/aromatic N) is 3. The summed E-state index contributed by atoms with van der Waals surface area (Å²) in [5, 5.41) is 10.7. The molecular formula is C18H23N3O4S. The highest BCUT2D eigenvalue weighted by Crippen LogP contribution is 2.43. The predicted octanol–water partition coefficient (Wildman–Crippen LogP) is 2.11. The molecule has 1 heterocycles. The van der Waals surface area contributed by atoms with Crippen LogP contribution in [0.2, 0.25) is 0 Å². The molecule has 3 atom stereocenters. The van der Waals surface area contributed by atoms with Gasteiger partial charge in [-0.2, -0.15) is 4.31 Å². The van der Waals surface area contributed by atoms with E-state index in [0.29, 0.717) is 24.9 Å². The second kappa shape index (κ2) is 6.75. The van der Waals surface area contributed by atoms with Crippen molar-refractivity contribution < 1.29 is 13.3 Å². The van der Waals surface area contributed by atoms with E-state index in [4.69, 9.17) is 0 Å². The molecule has 1 aliphatic heterocycles. The van der Waals surface area contributed by atoms with Gasteiger partial charge in [0.05, 0.1) is 9.82 Å². The molecular weight excluding hydrogens is 354 g/mol. The van der Waals surface area contributed by atoms with Gasteiger partial charge in [-0.25, -0.2) is 8.42 Å². The molecule has 7 nitrogen and oxygen atoms in total. The summed E-state index contributed by atoms with van der Waals surface area (Å²) in [6, 6.07) is 5.13. The number of sulfonamides is 1. The Morgan fingerprint density at radius 1 is 1.04 bits per heavy atom. The third-order valence-corrected chi connectivity index (χ3v) is 7.84. The van der Waals surface area contributed by atoms with E-state index in [1.165, 1.54) is 41.4 Å². The second-order valence-corrected chi connectivity index (χ2v) is 9.43. The van der Waals surface area contributed by atoms with Crippen LogP contribution in [0.1, 0.15) is 12.8 Å². The Kier molecular flexibility index (Phi) is 4.58. The predicted molar refractivity (Wildman–Crippen MR) is 97.1 cm³/mol. The highest BCUT2D eigenvalue weighted by atomic mass is 32.2. The minimum atomic E-state index is -3.59. The Hall–Kier alpha value is -1.77. The lowest BCUT2D eigenvalue weighted by atomic mass is 9.93. The van der Waals surface area contributed by atoms with Crippen molar-refractivity contribution in [3.8, 4) is 0 Å². The summed E-state index contributed by atoms with van der Waals surface area (Å²) in [7, 11) is -3.59. The van der Waals surface area contributed by atoms with Crippen molar-refractivity contribution in [2.45, 2.75) is 17.7 Å². The summed E-state index contributed by atoms with van der Waals surface area (Å²) in [4.78, 5) is 12.7. The number of non-ortho nitro benzene ring substituents is 1. The van der Waals surface area contributed by atoms with Gasteiger partial charge in [0.15, 0.2) is 0 Å². The van der Waals surface area contributed by atoms with Gasteiger partial charge in [0.1, 0.15) is 0 Å². The summed E-state index contributed by atoms with van der Waals surface area (Å²) in [6.07, 6.45) is 7.26. The van der Waals surface area contributed by atoms with Crippen molar-refractivity contribution in [3.05, 3.63) is 46.5 Å². The third-order valence-electron chi connectivity index (χ3n) is 5.93. The Morgan fingerprint density at radius 2 is 1.73 bits per heavy atom. The fraction of sp³-hybridized carbons (Fsp3) is 0.556. The van der Waals surface area contributed by atoms with E-state index in [1.807, 2.05) is 0 Å². The summed E-state index contributed by atoms with van der Waals surface area (Å²) in [5.41, 5.74) is -0.103. The molecule has 2 bridgehead atoms. The number of nitro benzene ring substituents is 1. The van der Waals surface area contributed by atoms with Crippen molar-refractivity contribution in [1.29, 1.82) is 0 Å². The van der Waals surface area contributed by atoms with E-state index in [9.17, 15) is 18.5 Å². The molecule has 1 saturated heterocycles. The second-order valence-electron chi connectivity index (χ2n) is 7.50. The molecule has 1 aromatic carbocycles. The number of piperazine rings is 1. The average molecular weight is 377 g/mol. The highest BCUT2D eigenvalue weighted by molar-refractivity contribution is 7.89. The lowest BCUT2D eigenvalue weighted by molar-refractivity contribution is -0.384. The molecule has 2 aliphatic carbocycles. The van der Waals surface area contributed by atoms with E-state index < -0.39 is 14.9 Å². The first-order valence-electron chi connectivity index (χ1n) is 9.09. The monoisotopic (exact) mass is 377 g/mol.